The number of rotatable bonds is 11. The molecular weight excluding hydrogens is 630 g/mol. The van der Waals surface area contributed by atoms with Gasteiger partial charge in [-0.1, -0.05) is 47.5 Å². The van der Waals surface area contributed by atoms with Crippen molar-refractivity contribution < 1.29 is 13.2 Å². The largest absolute Gasteiger partial charge is 0.456 e. The number of aromatic nitrogens is 1. The Balaban J connectivity index is 1.57. The van der Waals surface area contributed by atoms with Crippen LogP contribution in [0.15, 0.2) is 71.5 Å². The van der Waals surface area contributed by atoms with Crippen LogP contribution < -0.4 is 21.9 Å². The third kappa shape index (κ3) is 8.43. The number of fused-ring (bicyclic) bond motifs is 1. The highest BCUT2D eigenvalue weighted by Gasteiger charge is 2.34. The summed E-state index contributed by atoms with van der Waals surface area (Å²) in [4.78, 5) is 15.9. The summed E-state index contributed by atoms with van der Waals surface area (Å²) in [6.07, 6.45) is 2.74. The molecule has 0 spiro atoms. The number of hydrogen-bond acceptors (Lipinski definition) is 6. The summed E-state index contributed by atoms with van der Waals surface area (Å²) < 4.78 is 40.1. The number of aromatic amines is 1. The Kier molecular flexibility index (Phi) is 10.7. The normalized spacial score (nSPS) is 14.8. The van der Waals surface area contributed by atoms with Crippen molar-refractivity contribution in [3.05, 3.63) is 104 Å². The van der Waals surface area contributed by atoms with Gasteiger partial charge >= 0.3 is 5.51 Å². The summed E-state index contributed by atoms with van der Waals surface area (Å²) in [5.41, 5.74) is 6.25. The minimum atomic E-state index is -4.31. The number of anilines is 2. The maximum Gasteiger partial charge on any atom is 0.456 e. The van der Waals surface area contributed by atoms with Crippen LogP contribution in [0.2, 0.25) is 10.0 Å². The van der Waals surface area contributed by atoms with Crippen molar-refractivity contribution >= 4 is 57.4 Å². The Bertz CT molecular complexity index is 1560. The van der Waals surface area contributed by atoms with E-state index in [0.717, 1.165) is 40.6 Å². The first-order valence-corrected chi connectivity index (χ1v) is 16.1. The third-order valence-electron chi connectivity index (χ3n) is 7.71. The fourth-order valence-corrected chi connectivity index (χ4v) is 6.58. The van der Waals surface area contributed by atoms with Gasteiger partial charge in [0.05, 0.1) is 11.2 Å². The van der Waals surface area contributed by atoms with Gasteiger partial charge in [-0.25, -0.2) is 4.31 Å². The van der Waals surface area contributed by atoms with Crippen molar-refractivity contribution in [3.8, 4) is 0 Å². The summed E-state index contributed by atoms with van der Waals surface area (Å²) in [5, 5.41) is 9.08. The molecule has 1 aromatic heterocycles. The molecule has 1 fully saturated rings. The molecule has 0 amide bonds. The Morgan fingerprint density at radius 1 is 0.909 bits per heavy atom. The second kappa shape index (κ2) is 14.5. The van der Waals surface area contributed by atoms with E-state index in [9.17, 15) is 18.0 Å². The SMILES string of the molecule is NCCCCNc1cc(C(c2ccc(Cl)cc2)c2ccc(Cl)cc2)cc2c(NC3CCN(SC(F)(F)F)CC3)cc(=O)[nH]c12. The lowest BCUT2D eigenvalue weighted by atomic mass is 9.84. The molecule has 0 aliphatic carbocycles. The van der Waals surface area contributed by atoms with Crippen molar-refractivity contribution in [2.24, 2.45) is 5.73 Å². The topological polar surface area (TPSA) is 86.2 Å². The van der Waals surface area contributed by atoms with Crippen molar-refractivity contribution in [2.45, 2.75) is 43.2 Å². The number of halogens is 5. The van der Waals surface area contributed by atoms with Gasteiger partial charge in [-0.05, 0) is 85.3 Å². The van der Waals surface area contributed by atoms with Crippen LogP contribution in [0.25, 0.3) is 10.9 Å². The molecule has 1 aliphatic heterocycles. The van der Waals surface area contributed by atoms with Crippen LogP contribution in [0.1, 0.15) is 48.3 Å². The predicted molar refractivity (Wildman–Crippen MR) is 177 cm³/mol. The van der Waals surface area contributed by atoms with Gasteiger partial charge in [0, 0.05) is 70.7 Å². The van der Waals surface area contributed by atoms with E-state index in [-0.39, 0.29) is 42.6 Å². The van der Waals surface area contributed by atoms with E-state index in [2.05, 4.69) is 27.8 Å². The van der Waals surface area contributed by atoms with Crippen LogP contribution in [-0.2, 0) is 0 Å². The first-order valence-electron chi connectivity index (χ1n) is 14.5. The first kappa shape index (κ1) is 32.5. The van der Waals surface area contributed by atoms with E-state index < -0.39 is 5.51 Å². The summed E-state index contributed by atoms with van der Waals surface area (Å²) in [6.45, 7) is 1.83. The van der Waals surface area contributed by atoms with E-state index >= 15 is 0 Å². The number of pyridine rings is 1. The summed E-state index contributed by atoms with van der Waals surface area (Å²) in [6, 6.07) is 21.0. The molecule has 1 aliphatic rings. The van der Waals surface area contributed by atoms with Gasteiger partial charge in [-0.2, -0.15) is 13.2 Å². The lowest BCUT2D eigenvalue weighted by Gasteiger charge is -2.32. The lowest BCUT2D eigenvalue weighted by molar-refractivity contribution is -0.0366. The molecule has 0 atom stereocenters. The molecule has 4 aromatic rings. The Hall–Kier alpha value is -2.89. The van der Waals surface area contributed by atoms with Gasteiger partial charge in [-0.15, -0.1) is 0 Å². The van der Waals surface area contributed by atoms with Crippen LogP contribution in [0.5, 0.6) is 0 Å². The number of H-pyrrole nitrogens is 1. The Morgan fingerprint density at radius 2 is 1.52 bits per heavy atom. The predicted octanol–water partition coefficient (Wildman–Crippen LogP) is 8.21. The molecule has 6 nitrogen and oxygen atoms in total. The van der Waals surface area contributed by atoms with Crippen molar-refractivity contribution in [3.63, 3.8) is 0 Å². The summed E-state index contributed by atoms with van der Waals surface area (Å²) in [7, 11) is 0. The fraction of sp³-hybridized carbons (Fsp3) is 0.344. The molecule has 234 valence electrons. The summed E-state index contributed by atoms with van der Waals surface area (Å²) in [5.74, 6) is -0.180. The minimum absolute atomic E-state index is 0.0755. The van der Waals surface area contributed by atoms with E-state index in [4.69, 9.17) is 28.9 Å². The molecule has 44 heavy (non-hydrogen) atoms. The number of hydrogen-bond donors (Lipinski definition) is 4. The molecule has 2 heterocycles. The smallest absolute Gasteiger partial charge is 0.383 e. The molecule has 5 rings (SSSR count). The van der Waals surface area contributed by atoms with Gasteiger partial charge in [0.15, 0.2) is 0 Å². The number of benzene rings is 3. The summed E-state index contributed by atoms with van der Waals surface area (Å²) >= 11 is 12.4. The Labute approximate surface area is 268 Å². The second-order valence-corrected chi connectivity index (χ2v) is 12.9. The molecule has 0 unspecified atom stereocenters. The Morgan fingerprint density at radius 3 is 2.09 bits per heavy atom. The highest BCUT2D eigenvalue weighted by molar-refractivity contribution is 7.97. The maximum absolute atomic E-state index is 12.9. The van der Waals surface area contributed by atoms with E-state index in [1.54, 1.807) is 0 Å². The number of unbranched alkanes of at least 4 members (excludes halogenated alkanes) is 1. The molecule has 3 aromatic carbocycles. The third-order valence-corrected chi connectivity index (χ3v) is 9.04. The van der Waals surface area contributed by atoms with Crippen molar-refractivity contribution in [2.75, 3.05) is 36.8 Å². The molecule has 0 radical (unpaired) electrons. The highest BCUT2D eigenvalue weighted by Crippen LogP contribution is 2.39. The molecule has 0 bridgehead atoms. The standard InChI is InChI=1S/C32H34Cl2F3N5OS/c33-23-7-3-20(4-8-23)30(21-5-9-24(34)10-6-21)22-17-26-27(40-25-11-15-42(16-12-25)44-32(35,36)37)19-29(43)41-31(26)28(18-22)39-14-2-1-13-38/h3-10,17-19,25,30,39H,1-2,11-16,38H2,(H2,40,41,43). The monoisotopic (exact) mass is 663 g/mol. The lowest BCUT2D eigenvalue weighted by Crippen LogP contribution is -2.37. The number of piperidine rings is 1. The van der Waals surface area contributed by atoms with E-state index in [1.807, 2.05) is 48.5 Å². The van der Waals surface area contributed by atoms with Gasteiger partial charge in [-0.3, -0.25) is 4.79 Å². The fourth-order valence-electron chi connectivity index (χ4n) is 5.64. The van der Waals surface area contributed by atoms with Gasteiger partial charge in [0.2, 0.25) is 0 Å². The average Bonchev–Trinajstić information content (AvgIpc) is 2.98. The van der Waals surface area contributed by atoms with Crippen molar-refractivity contribution in [1.82, 2.24) is 9.29 Å². The zero-order valence-corrected chi connectivity index (χ0v) is 26.2. The van der Waals surface area contributed by atoms with Crippen molar-refractivity contribution in [1.29, 1.82) is 0 Å². The first-order chi connectivity index (χ1) is 21.1. The average molecular weight is 665 g/mol. The van der Waals surface area contributed by atoms with Crippen LogP contribution in [-0.4, -0.2) is 47.0 Å². The minimum Gasteiger partial charge on any atom is -0.383 e. The zero-order chi connectivity index (χ0) is 31.3. The maximum atomic E-state index is 12.9. The molecule has 0 saturated carbocycles. The number of nitrogens with two attached hydrogens (primary N) is 1. The molecule has 1 saturated heterocycles. The van der Waals surface area contributed by atoms with Crippen LogP contribution in [0.4, 0.5) is 24.5 Å². The quantitative estimate of drug-likeness (QED) is 0.0735. The van der Waals surface area contributed by atoms with Gasteiger partial charge in [0.25, 0.3) is 5.56 Å². The van der Waals surface area contributed by atoms with Gasteiger partial charge < -0.3 is 21.4 Å². The second-order valence-electron chi connectivity index (χ2n) is 10.9. The molecular formula is C32H34Cl2F3N5OS. The number of nitrogens with one attached hydrogen (secondary N) is 3. The van der Waals surface area contributed by atoms with Gasteiger partial charge in [0.1, 0.15) is 0 Å². The highest BCUT2D eigenvalue weighted by atomic mass is 35.5. The molecule has 12 heteroatoms. The zero-order valence-electron chi connectivity index (χ0n) is 23.9. The van der Waals surface area contributed by atoms with E-state index in [0.29, 0.717) is 47.2 Å². The number of alkyl halides is 3. The number of nitrogens with zero attached hydrogens (tertiary/aromatic N) is 1. The van der Waals surface area contributed by atoms with Crippen LogP contribution in [0, 0.1) is 0 Å². The van der Waals surface area contributed by atoms with Crippen LogP contribution >= 0.6 is 35.1 Å². The van der Waals surface area contributed by atoms with E-state index in [1.165, 1.54) is 10.4 Å². The molecule has 5 N–H and O–H groups in total. The van der Waals surface area contributed by atoms with Crippen LogP contribution in [0.3, 0.4) is 0 Å².